The van der Waals surface area contributed by atoms with E-state index in [0.717, 1.165) is 26.3 Å². The summed E-state index contributed by atoms with van der Waals surface area (Å²) in [5.74, 6) is 0. The van der Waals surface area contributed by atoms with Gasteiger partial charge < -0.3 is 9.16 Å². The average molecular weight is 257 g/mol. The smallest absolute Gasteiger partial charge is 0.192 e. The molecule has 2 bridgehead atoms. The summed E-state index contributed by atoms with van der Waals surface area (Å²) < 4.78 is 11.8. The quantitative estimate of drug-likeness (QED) is 0.722. The Morgan fingerprint density at radius 3 is 2.53 bits per heavy atom. The van der Waals surface area contributed by atoms with E-state index >= 15 is 0 Å². The number of rotatable bonds is 4. The molecule has 0 radical (unpaired) electrons. The van der Waals surface area contributed by atoms with Crippen LogP contribution in [0.2, 0.25) is 18.1 Å². The van der Waals surface area contributed by atoms with Crippen LogP contribution in [-0.2, 0) is 9.16 Å². The van der Waals surface area contributed by atoms with Crippen molar-refractivity contribution in [2.75, 3.05) is 26.3 Å². The highest BCUT2D eigenvalue weighted by atomic mass is 28.4. The van der Waals surface area contributed by atoms with Gasteiger partial charge in [0.1, 0.15) is 0 Å². The highest BCUT2D eigenvalue weighted by molar-refractivity contribution is 6.74. The van der Waals surface area contributed by atoms with Gasteiger partial charge >= 0.3 is 0 Å². The number of nitrogens with zero attached hydrogens (tertiary/aromatic N) is 1. The van der Waals surface area contributed by atoms with Crippen molar-refractivity contribution in [1.82, 2.24) is 4.90 Å². The maximum atomic E-state index is 6.22. The van der Waals surface area contributed by atoms with E-state index < -0.39 is 8.32 Å². The second-order valence-electron chi connectivity index (χ2n) is 6.95. The molecule has 0 aromatic rings. The molecule has 2 rings (SSSR count). The standard InChI is InChI=1S/C13H27NO2Si/c1-13(2,3)17(4,5)16-7-6-14-9-12-8-11(14)10-15-12/h11-12H,6-10H2,1-5H3/t11-,12-/m1/s1. The van der Waals surface area contributed by atoms with Crippen LogP contribution >= 0.6 is 0 Å². The lowest BCUT2D eigenvalue weighted by atomic mass is 10.2. The molecule has 0 aromatic carbocycles. The molecule has 17 heavy (non-hydrogen) atoms. The van der Waals surface area contributed by atoms with Gasteiger partial charge in [0.05, 0.1) is 12.7 Å². The van der Waals surface area contributed by atoms with Crippen LogP contribution in [0.25, 0.3) is 0 Å². The third-order valence-electron chi connectivity index (χ3n) is 4.66. The molecule has 2 atom stereocenters. The number of hydrogen-bond acceptors (Lipinski definition) is 3. The minimum Gasteiger partial charge on any atom is -0.416 e. The molecule has 2 heterocycles. The SMILES string of the molecule is CC(C)(C)[Si](C)(C)OCCN1C[C@H]2C[C@@H]1CO2. The van der Waals surface area contributed by atoms with Crippen LogP contribution in [0.4, 0.5) is 0 Å². The first-order valence-corrected chi connectivity index (χ1v) is 9.70. The number of hydrogen-bond donors (Lipinski definition) is 0. The molecule has 0 saturated carbocycles. The van der Waals surface area contributed by atoms with Gasteiger partial charge in [-0.05, 0) is 24.6 Å². The summed E-state index contributed by atoms with van der Waals surface area (Å²) in [7, 11) is -1.56. The maximum Gasteiger partial charge on any atom is 0.192 e. The Kier molecular flexibility index (Phi) is 3.70. The molecule has 2 aliphatic heterocycles. The van der Waals surface area contributed by atoms with E-state index in [0.29, 0.717) is 17.2 Å². The third kappa shape index (κ3) is 2.92. The van der Waals surface area contributed by atoms with Gasteiger partial charge in [0.15, 0.2) is 8.32 Å². The maximum absolute atomic E-state index is 6.22. The van der Waals surface area contributed by atoms with E-state index in [-0.39, 0.29) is 0 Å². The summed E-state index contributed by atoms with van der Waals surface area (Å²) in [5, 5.41) is 0.320. The minimum absolute atomic E-state index is 0.320. The lowest BCUT2D eigenvalue weighted by Gasteiger charge is -2.37. The zero-order valence-corrected chi connectivity index (χ0v) is 13.0. The van der Waals surface area contributed by atoms with Crippen LogP contribution in [0.15, 0.2) is 0 Å². The summed E-state index contributed by atoms with van der Waals surface area (Å²) in [6, 6.07) is 0.669. The first-order chi connectivity index (χ1) is 7.79. The number of fused-ring (bicyclic) bond motifs is 2. The predicted octanol–water partition coefficient (Wildman–Crippen LogP) is 2.48. The van der Waals surface area contributed by atoms with Crippen molar-refractivity contribution in [1.29, 1.82) is 0 Å². The van der Waals surface area contributed by atoms with E-state index in [2.05, 4.69) is 38.8 Å². The minimum atomic E-state index is -1.56. The van der Waals surface area contributed by atoms with Gasteiger partial charge in [0, 0.05) is 25.7 Å². The van der Waals surface area contributed by atoms with E-state index in [1.165, 1.54) is 6.42 Å². The molecule has 0 amide bonds. The molecule has 0 spiro atoms. The first-order valence-electron chi connectivity index (χ1n) is 6.79. The van der Waals surface area contributed by atoms with Gasteiger partial charge in [-0.25, -0.2) is 0 Å². The monoisotopic (exact) mass is 257 g/mol. The Balaban J connectivity index is 1.73. The Hall–Kier alpha value is 0.0969. The Bertz CT molecular complexity index is 275. The predicted molar refractivity (Wildman–Crippen MR) is 72.9 cm³/mol. The Labute approximate surface area is 107 Å². The number of ether oxygens (including phenoxy) is 1. The fraction of sp³-hybridized carbons (Fsp3) is 1.00. The molecule has 3 nitrogen and oxygen atoms in total. The fourth-order valence-corrected chi connectivity index (χ4v) is 3.42. The van der Waals surface area contributed by atoms with E-state index in [1.807, 2.05) is 0 Å². The zero-order valence-electron chi connectivity index (χ0n) is 12.0. The molecule has 2 aliphatic rings. The van der Waals surface area contributed by atoms with Crippen LogP contribution in [0.1, 0.15) is 27.2 Å². The molecule has 0 N–H and O–H groups in total. The second kappa shape index (κ2) is 4.65. The van der Waals surface area contributed by atoms with E-state index in [9.17, 15) is 0 Å². The first kappa shape index (κ1) is 13.5. The lowest BCUT2D eigenvalue weighted by Crippen LogP contribution is -2.44. The summed E-state index contributed by atoms with van der Waals surface area (Å²) in [4.78, 5) is 2.54. The van der Waals surface area contributed by atoms with Crippen molar-refractivity contribution in [3.05, 3.63) is 0 Å². The molecule has 0 aliphatic carbocycles. The van der Waals surface area contributed by atoms with Crippen LogP contribution in [0.5, 0.6) is 0 Å². The molecule has 2 saturated heterocycles. The average Bonchev–Trinajstić information content (AvgIpc) is 2.76. The van der Waals surface area contributed by atoms with E-state index in [1.54, 1.807) is 0 Å². The van der Waals surface area contributed by atoms with Crippen LogP contribution < -0.4 is 0 Å². The zero-order chi connectivity index (χ0) is 12.7. The highest BCUT2D eigenvalue weighted by Crippen LogP contribution is 2.36. The highest BCUT2D eigenvalue weighted by Gasteiger charge is 2.40. The topological polar surface area (TPSA) is 21.7 Å². The normalized spacial score (nSPS) is 30.2. The summed E-state index contributed by atoms with van der Waals surface area (Å²) in [6.45, 7) is 15.6. The van der Waals surface area contributed by atoms with Gasteiger partial charge in [-0.2, -0.15) is 0 Å². The summed E-state index contributed by atoms with van der Waals surface area (Å²) in [5.41, 5.74) is 0. The van der Waals surface area contributed by atoms with Gasteiger partial charge in [-0.3, -0.25) is 4.90 Å². The Morgan fingerprint density at radius 2 is 2.06 bits per heavy atom. The third-order valence-corrected chi connectivity index (χ3v) is 9.20. The van der Waals surface area contributed by atoms with Gasteiger partial charge in [-0.15, -0.1) is 0 Å². The molecular weight excluding hydrogens is 230 g/mol. The van der Waals surface area contributed by atoms with Crippen molar-refractivity contribution < 1.29 is 9.16 Å². The van der Waals surface area contributed by atoms with Crippen molar-refractivity contribution in [2.24, 2.45) is 0 Å². The molecule has 2 fully saturated rings. The Morgan fingerprint density at radius 1 is 1.35 bits per heavy atom. The van der Waals surface area contributed by atoms with Crippen molar-refractivity contribution in [2.45, 2.75) is 57.5 Å². The molecule has 0 aromatic heterocycles. The van der Waals surface area contributed by atoms with Crippen LogP contribution in [0.3, 0.4) is 0 Å². The number of morpholine rings is 1. The lowest BCUT2D eigenvalue weighted by molar-refractivity contribution is 0.0250. The van der Waals surface area contributed by atoms with E-state index in [4.69, 9.17) is 9.16 Å². The molecule has 100 valence electrons. The van der Waals surface area contributed by atoms with Gasteiger partial charge in [0.25, 0.3) is 0 Å². The van der Waals surface area contributed by atoms with Crippen LogP contribution in [-0.4, -0.2) is 51.7 Å². The van der Waals surface area contributed by atoms with Crippen molar-refractivity contribution >= 4 is 8.32 Å². The summed E-state index contributed by atoms with van der Waals surface area (Å²) >= 11 is 0. The number of likely N-dealkylation sites (tertiary alicyclic amines) is 1. The van der Waals surface area contributed by atoms with Gasteiger partial charge in [0.2, 0.25) is 0 Å². The summed E-state index contributed by atoms with van der Waals surface area (Å²) in [6.07, 6.45) is 1.74. The second-order valence-corrected chi connectivity index (χ2v) is 11.8. The van der Waals surface area contributed by atoms with Crippen molar-refractivity contribution in [3.8, 4) is 0 Å². The molecule has 0 unspecified atom stereocenters. The van der Waals surface area contributed by atoms with Crippen molar-refractivity contribution in [3.63, 3.8) is 0 Å². The molecular formula is C13H27NO2Si. The fourth-order valence-electron chi connectivity index (χ4n) is 2.39. The van der Waals surface area contributed by atoms with Gasteiger partial charge in [-0.1, -0.05) is 20.8 Å². The molecule has 4 heteroatoms. The largest absolute Gasteiger partial charge is 0.416 e. The van der Waals surface area contributed by atoms with Crippen LogP contribution in [0, 0.1) is 0 Å².